The van der Waals surface area contributed by atoms with Gasteiger partial charge in [0, 0.05) is 6.54 Å². The molecule has 1 aromatic carbocycles. The van der Waals surface area contributed by atoms with Gasteiger partial charge in [-0.1, -0.05) is 18.2 Å². The summed E-state index contributed by atoms with van der Waals surface area (Å²) < 4.78 is 36.3. The van der Waals surface area contributed by atoms with Gasteiger partial charge in [-0.15, -0.1) is 0 Å². The molecular formula is C14H18FNO3S. The molecule has 6 heteroatoms. The Hall–Kier alpha value is -1.43. The van der Waals surface area contributed by atoms with Crippen molar-refractivity contribution >= 4 is 15.7 Å². The average molecular weight is 299 g/mol. The molecule has 1 atom stereocenters. The van der Waals surface area contributed by atoms with Gasteiger partial charge in [0.2, 0.25) is 5.91 Å². The molecule has 4 nitrogen and oxygen atoms in total. The summed E-state index contributed by atoms with van der Waals surface area (Å²) in [6.07, 6.45) is 1.54. The van der Waals surface area contributed by atoms with Crippen molar-refractivity contribution in [3.8, 4) is 0 Å². The molecule has 0 bridgehead atoms. The SMILES string of the molecule is O=C(NCCc1ccccc1F)C1CCCS(=O)(=O)C1. The fraction of sp³-hybridized carbons (Fsp3) is 0.500. The van der Waals surface area contributed by atoms with Crippen LogP contribution in [0, 0.1) is 11.7 Å². The van der Waals surface area contributed by atoms with Crippen molar-refractivity contribution in [3.63, 3.8) is 0 Å². The van der Waals surface area contributed by atoms with Crippen molar-refractivity contribution < 1.29 is 17.6 Å². The highest BCUT2D eigenvalue weighted by Gasteiger charge is 2.29. The zero-order chi connectivity index (χ0) is 14.6. The van der Waals surface area contributed by atoms with Crippen molar-refractivity contribution in [3.05, 3.63) is 35.6 Å². The van der Waals surface area contributed by atoms with E-state index < -0.39 is 15.8 Å². The number of halogens is 1. The van der Waals surface area contributed by atoms with Crippen molar-refractivity contribution in [2.24, 2.45) is 5.92 Å². The van der Waals surface area contributed by atoms with Gasteiger partial charge in [-0.05, 0) is 30.9 Å². The molecule has 0 radical (unpaired) electrons. The predicted molar refractivity (Wildman–Crippen MR) is 74.5 cm³/mol. The second-order valence-electron chi connectivity index (χ2n) is 5.09. The molecule has 1 aliphatic rings. The Labute approximate surface area is 118 Å². The molecule has 0 aliphatic carbocycles. The van der Waals surface area contributed by atoms with Gasteiger partial charge in [-0.25, -0.2) is 12.8 Å². The number of hydrogen-bond donors (Lipinski definition) is 1. The normalized spacial score (nSPS) is 21.4. The van der Waals surface area contributed by atoms with Crippen molar-refractivity contribution in [2.75, 3.05) is 18.1 Å². The van der Waals surface area contributed by atoms with Crippen molar-refractivity contribution in [2.45, 2.75) is 19.3 Å². The van der Waals surface area contributed by atoms with E-state index in [-0.39, 0.29) is 23.2 Å². The molecule has 0 saturated carbocycles. The number of amides is 1. The average Bonchev–Trinajstić information content (AvgIpc) is 2.39. The van der Waals surface area contributed by atoms with Gasteiger partial charge in [0.05, 0.1) is 17.4 Å². The number of nitrogens with one attached hydrogen (secondary N) is 1. The molecule has 0 spiro atoms. The van der Waals surface area contributed by atoms with E-state index >= 15 is 0 Å². The number of sulfone groups is 1. The Morgan fingerprint density at radius 1 is 1.35 bits per heavy atom. The quantitative estimate of drug-likeness (QED) is 0.912. The topological polar surface area (TPSA) is 63.2 Å². The second kappa shape index (κ2) is 6.35. The first kappa shape index (κ1) is 15.0. The minimum absolute atomic E-state index is 0.0709. The van der Waals surface area contributed by atoms with Crippen molar-refractivity contribution in [1.82, 2.24) is 5.32 Å². The van der Waals surface area contributed by atoms with Crippen LogP contribution in [0.25, 0.3) is 0 Å². The Morgan fingerprint density at radius 3 is 2.80 bits per heavy atom. The molecule has 1 amide bonds. The summed E-state index contributed by atoms with van der Waals surface area (Å²) in [6, 6.07) is 6.41. The van der Waals surface area contributed by atoms with Crippen LogP contribution >= 0.6 is 0 Å². The van der Waals surface area contributed by atoms with E-state index in [4.69, 9.17) is 0 Å². The van der Waals surface area contributed by atoms with Crippen LogP contribution in [0.1, 0.15) is 18.4 Å². The van der Waals surface area contributed by atoms with Crippen LogP contribution in [0.5, 0.6) is 0 Å². The molecule has 1 N–H and O–H groups in total. The first-order valence-electron chi connectivity index (χ1n) is 6.69. The third-order valence-corrected chi connectivity index (χ3v) is 5.31. The minimum atomic E-state index is -3.08. The first-order chi connectivity index (χ1) is 9.48. The van der Waals surface area contributed by atoms with Crippen LogP contribution in [-0.2, 0) is 21.1 Å². The lowest BCUT2D eigenvalue weighted by Gasteiger charge is -2.21. The monoisotopic (exact) mass is 299 g/mol. The first-order valence-corrected chi connectivity index (χ1v) is 8.51. The summed E-state index contributed by atoms with van der Waals surface area (Å²) >= 11 is 0. The lowest BCUT2D eigenvalue weighted by atomic mass is 10.0. The molecule has 1 saturated heterocycles. The third kappa shape index (κ3) is 4.03. The van der Waals surface area contributed by atoms with E-state index in [2.05, 4.69) is 5.32 Å². The van der Waals surface area contributed by atoms with Crippen LogP contribution in [-0.4, -0.2) is 32.4 Å². The molecule has 20 heavy (non-hydrogen) atoms. The largest absolute Gasteiger partial charge is 0.356 e. The maximum Gasteiger partial charge on any atom is 0.224 e. The highest BCUT2D eigenvalue weighted by molar-refractivity contribution is 7.91. The fourth-order valence-electron chi connectivity index (χ4n) is 2.40. The van der Waals surface area contributed by atoms with Crippen LogP contribution in [0.2, 0.25) is 0 Å². The highest BCUT2D eigenvalue weighted by Crippen LogP contribution is 2.18. The van der Waals surface area contributed by atoms with Gasteiger partial charge in [-0.3, -0.25) is 4.79 Å². The number of carbonyl (C=O) groups is 1. The van der Waals surface area contributed by atoms with Crippen LogP contribution in [0.15, 0.2) is 24.3 Å². The molecular weight excluding hydrogens is 281 g/mol. The summed E-state index contributed by atoms with van der Waals surface area (Å²) in [6.45, 7) is 0.316. The van der Waals surface area contributed by atoms with Crippen molar-refractivity contribution in [1.29, 1.82) is 0 Å². The zero-order valence-corrected chi connectivity index (χ0v) is 12.0. The van der Waals surface area contributed by atoms with Gasteiger partial charge in [0.15, 0.2) is 9.84 Å². The summed E-state index contributed by atoms with van der Waals surface area (Å²) in [5.74, 6) is -0.897. The van der Waals surface area contributed by atoms with E-state index in [0.29, 0.717) is 31.4 Å². The van der Waals surface area contributed by atoms with Gasteiger partial charge in [0.25, 0.3) is 0 Å². The molecule has 1 aliphatic heterocycles. The number of hydrogen-bond acceptors (Lipinski definition) is 3. The molecule has 1 heterocycles. The lowest BCUT2D eigenvalue weighted by molar-refractivity contribution is -0.124. The lowest BCUT2D eigenvalue weighted by Crippen LogP contribution is -2.38. The highest BCUT2D eigenvalue weighted by atomic mass is 32.2. The Bertz CT molecular complexity index is 586. The molecule has 2 rings (SSSR count). The second-order valence-corrected chi connectivity index (χ2v) is 7.31. The van der Waals surface area contributed by atoms with Crippen LogP contribution in [0.4, 0.5) is 4.39 Å². The van der Waals surface area contributed by atoms with E-state index in [1.807, 2.05) is 0 Å². The number of rotatable bonds is 4. The Kier molecular flexibility index (Phi) is 4.75. The number of carbonyl (C=O) groups excluding carboxylic acids is 1. The maximum atomic E-state index is 13.4. The summed E-state index contributed by atoms with van der Waals surface area (Å²) in [5, 5.41) is 2.70. The standard InChI is InChI=1S/C14H18FNO3S/c15-13-6-2-1-4-11(13)7-8-16-14(17)12-5-3-9-20(18,19)10-12/h1-2,4,6,12H,3,5,7-10H2,(H,16,17). The third-order valence-electron chi connectivity index (χ3n) is 3.49. The van der Waals surface area contributed by atoms with E-state index in [0.717, 1.165) is 0 Å². The zero-order valence-electron chi connectivity index (χ0n) is 11.1. The smallest absolute Gasteiger partial charge is 0.224 e. The molecule has 110 valence electrons. The Balaban J connectivity index is 1.82. The Morgan fingerprint density at radius 2 is 2.10 bits per heavy atom. The summed E-state index contributed by atoms with van der Waals surface area (Å²) in [7, 11) is -3.08. The van der Waals surface area contributed by atoms with E-state index in [1.165, 1.54) is 6.07 Å². The summed E-state index contributed by atoms with van der Waals surface area (Å²) in [4.78, 5) is 11.9. The molecule has 1 fully saturated rings. The van der Waals surface area contributed by atoms with Gasteiger partial charge in [-0.2, -0.15) is 0 Å². The number of benzene rings is 1. The minimum Gasteiger partial charge on any atom is -0.356 e. The van der Waals surface area contributed by atoms with E-state index in [1.54, 1.807) is 18.2 Å². The summed E-state index contributed by atoms with van der Waals surface area (Å²) in [5.41, 5.74) is 0.545. The van der Waals surface area contributed by atoms with Gasteiger partial charge >= 0.3 is 0 Å². The molecule has 0 aromatic heterocycles. The molecule has 1 unspecified atom stereocenters. The predicted octanol–water partition coefficient (Wildman–Crippen LogP) is 1.31. The van der Waals surface area contributed by atoms with E-state index in [9.17, 15) is 17.6 Å². The van der Waals surface area contributed by atoms with Gasteiger partial charge < -0.3 is 5.32 Å². The van der Waals surface area contributed by atoms with Crippen LogP contribution < -0.4 is 5.32 Å². The maximum absolute atomic E-state index is 13.4. The fourth-order valence-corrected chi connectivity index (χ4v) is 4.10. The van der Waals surface area contributed by atoms with Gasteiger partial charge in [0.1, 0.15) is 5.82 Å². The van der Waals surface area contributed by atoms with Crippen LogP contribution in [0.3, 0.4) is 0 Å². The molecule has 1 aromatic rings.